The lowest BCUT2D eigenvalue weighted by Crippen LogP contribution is -2.73. The molecule has 107 heavy (non-hydrogen) atoms. The third-order valence-electron chi connectivity index (χ3n) is 19.2. The van der Waals surface area contributed by atoms with E-state index in [2.05, 4.69) is 5.32 Å². The van der Waals surface area contributed by atoms with E-state index in [1.165, 1.54) is 0 Å². The number of carboxylic acids is 4. The van der Waals surface area contributed by atoms with Crippen LogP contribution in [0.5, 0.6) is 0 Å². The molecule has 0 aliphatic carbocycles. The molecule has 1 amide bonds. The van der Waals surface area contributed by atoms with Crippen molar-refractivity contribution in [1.82, 2.24) is 5.32 Å². The van der Waals surface area contributed by atoms with E-state index in [-0.39, 0.29) is 0 Å². The van der Waals surface area contributed by atoms with E-state index in [1.807, 2.05) is 0 Å². The van der Waals surface area contributed by atoms with Gasteiger partial charge in [0.2, 0.25) is 5.91 Å². The molecule has 8 aliphatic rings. The number of hydrogen-bond acceptors (Lipinski definition) is 45. The van der Waals surface area contributed by atoms with Crippen molar-refractivity contribution in [2.24, 2.45) is 5.73 Å². The predicted molar refractivity (Wildman–Crippen MR) is 318 cm³/mol. The smallest absolute Gasteiger partial charge is 0.364 e. The van der Waals surface area contributed by atoms with Crippen LogP contribution in [0.1, 0.15) is 26.7 Å². The molecule has 0 saturated carbocycles. The summed E-state index contributed by atoms with van der Waals surface area (Å²) in [5, 5.41) is 313. The summed E-state index contributed by atoms with van der Waals surface area (Å²) in [7, 11) is 0. The first kappa shape index (κ1) is 88.3. The number of aliphatic carboxylic acids is 4. The molecule has 50 nitrogen and oxygen atoms in total. The molecule has 0 bridgehead atoms. The predicted octanol–water partition coefficient (Wildman–Crippen LogP) is -19.4. The number of rotatable bonds is 29. The topological polar surface area (TPSA) is 828 Å². The Bertz CT molecular complexity index is 2930. The van der Waals surface area contributed by atoms with Gasteiger partial charge < -0.3 is 225 Å². The summed E-state index contributed by atoms with van der Waals surface area (Å²) in [6.45, 7) is -5.17. The van der Waals surface area contributed by atoms with Crippen LogP contribution in [-0.2, 0) is 95.0 Å². The number of aliphatic hydroxyl groups is 24. The Morgan fingerprint density at radius 2 is 0.850 bits per heavy atom. The molecular formula is C57H92N2O48. The Labute approximate surface area is 600 Å². The first-order chi connectivity index (χ1) is 50.1. The molecule has 0 unspecified atom stereocenters. The lowest BCUT2D eigenvalue weighted by molar-refractivity contribution is -0.435. The average Bonchev–Trinajstić information content (AvgIpc) is 0.744. The standard InChI is InChI=1S/C57H92N2O48/c1-10(65)19(58)38-20(59-11(2)66)12(67)4-57(106-38,55(90)91)107-39-32(83)33(14(69)5-60)95-52(44(39)103-50-29(80)23(74)25(76)40(99-50)46(84)85)102-43-42(101-49-31(82)27(78)37(18(9-64)94-49)98-48-28(79)22(73)21(72)17(8-63)93-48)35(15(70)6-61)97-53(45(43)104-51-30(81)24(75)26(77)41(100-51)47(86)87)96-34-13(68)3-56(92,54(88)89)105-36(34)16(71)7-62/h10,12-45,48-53,60-65,67-83,92H,3-9,58H2,1-2H3,(H,59,66)(H,84,85)(H,86,87)(H,88,89)(H,90,91)/t10-,12+,13-,14+,15-,16-,17-,18-,19-,20-,21+,22+,23+,24+,25+,26+,27-,28-,29-,30-,31-,32-,33-,34-,35-,36-,37-,38+,39+,40+,41+,42-,43+,44+,45+,48+,49+,50-,51+,52-,53+,56-,57+/m1/s1. The number of carbonyl (C=O) groups excluding carboxylic acids is 1. The third-order valence-corrected chi connectivity index (χ3v) is 19.2. The van der Waals surface area contributed by atoms with E-state index in [0.29, 0.717) is 0 Å². The molecular weight excluding hydrogens is 1480 g/mol. The molecule has 0 aromatic heterocycles. The summed E-state index contributed by atoms with van der Waals surface area (Å²) >= 11 is 0. The van der Waals surface area contributed by atoms with E-state index >= 15 is 0 Å². The second-order valence-electron chi connectivity index (χ2n) is 26.6. The monoisotopic (exact) mass is 1570 g/mol. The molecule has 8 rings (SSSR count). The summed E-state index contributed by atoms with van der Waals surface area (Å²) in [4.78, 5) is 64.4. The van der Waals surface area contributed by atoms with E-state index in [9.17, 15) is 167 Å². The van der Waals surface area contributed by atoms with Crippen molar-refractivity contribution < 1.29 is 238 Å². The average molecular weight is 1570 g/mol. The van der Waals surface area contributed by atoms with Gasteiger partial charge in [0.1, 0.15) is 171 Å². The zero-order valence-corrected chi connectivity index (χ0v) is 55.9. The molecule has 50 heteroatoms. The summed E-state index contributed by atoms with van der Waals surface area (Å²) in [5.74, 6) is -17.0. The van der Waals surface area contributed by atoms with Crippen molar-refractivity contribution in [2.45, 2.75) is 290 Å². The van der Waals surface area contributed by atoms with Crippen molar-refractivity contribution >= 4 is 29.8 Å². The van der Waals surface area contributed by atoms with Crippen LogP contribution in [0, 0.1) is 0 Å². The van der Waals surface area contributed by atoms with Crippen LogP contribution in [0.25, 0.3) is 0 Å². The fourth-order valence-corrected chi connectivity index (χ4v) is 13.4. The van der Waals surface area contributed by atoms with Crippen molar-refractivity contribution in [3.63, 3.8) is 0 Å². The van der Waals surface area contributed by atoms with Crippen LogP contribution in [0.4, 0.5) is 0 Å². The normalized spacial score (nSPS) is 47.9. The van der Waals surface area contributed by atoms with E-state index in [4.69, 9.17) is 76.8 Å². The lowest BCUT2D eigenvalue weighted by atomic mass is 9.87. The van der Waals surface area contributed by atoms with Crippen molar-refractivity contribution in [2.75, 3.05) is 33.0 Å². The van der Waals surface area contributed by atoms with Crippen molar-refractivity contribution in [3.05, 3.63) is 0 Å². The van der Waals surface area contributed by atoms with Gasteiger partial charge in [0, 0.05) is 19.8 Å². The number of carbonyl (C=O) groups is 5. The highest BCUT2D eigenvalue weighted by atomic mass is 16.8. The Morgan fingerprint density at radius 1 is 0.430 bits per heavy atom. The van der Waals surface area contributed by atoms with Crippen molar-refractivity contribution in [1.29, 1.82) is 0 Å². The lowest BCUT2D eigenvalue weighted by Gasteiger charge is -2.54. The number of ether oxygens (including phenoxy) is 15. The second kappa shape index (κ2) is 36.3. The minimum absolute atomic E-state index is 0.914. The number of nitrogens with two attached hydrogens (primary N) is 1. The Balaban J connectivity index is 1.39. The second-order valence-corrected chi connectivity index (χ2v) is 26.6. The SMILES string of the molecule is CC(=O)N[C@H]1[C@H]([C@H](N)[C@@H](C)O)O[C@@](O[C@H]2[C@H](O)[C@@H]([C@@H](O)CO)O[C@H](O[C@H]3[C@H](O[C@@H]4O[C@H](CO)[C@@H](O[C@@H]5O[C@H](CO)[C@H](O)[C@H](O)[C@H]5O)[C@H](O)[C@H]4O)[C@@H]([C@H](O)CO)O[C@H](O[C@H]4[C@@H]([C@H](O)CO)O[C@@](O)(C(=O)O)C[C@H]4O)[C@H]3O[C@@H]3O[C@H](C(=O)O)[C@@H](O)[C@H](O)[C@H]3O)[C@H]2O[C@H]2O[C@H](C(=O)O)[C@@H](O)[C@H](O)[C@H]2O)(C(=O)O)C[C@@H]1O. The summed E-state index contributed by atoms with van der Waals surface area (Å²) in [5.41, 5.74) is 6.29. The van der Waals surface area contributed by atoms with Gasteiger partial charge in [-0.2, -0.15) is 0 Å². The molecule has 0 aromatic rings. The van der Waals surface area contributed by atoms with Gasteiger partial charge in [0.05, 0.1) is 63.4 Å². The first-order valence-corrected chi connectivity index (χ1v) is 32.9. The number of hydrogen-bond donors (Lipinski definition) is 30. The van der Waals surface area contributed by atoms with Crippen LogP contribution >= 0.6 is 0 Å². The number of carboxylic acid groups (broad SMARTS) is 4. The van der Waals surface area contributed by atoms with Crippen LogP contribution in [0.3, 0.4) is 0 Å². The van der Waals surface area contributed by atoms with Gasteiger partial charge in [0.25, 0.3) is 11.6 Å². The van der Waals surface area contributed by atoms with Crippen LogP contribution in [0.2, 0.25) is 0 Å². The summed E-state index contributed by atoms with van der Waals surface area (Å²) < 4.78 is 88.5. The molecule has 8 fully saturated rings. The highest BCUT2D eigenvalue weighted by molar-refractivity contribution is 5.77. The minimum atomic E-state index is -3.64. The fourth-order valence-electron chi connectivity index (χ4n) is 13.4. The number of nitrogens with one attached hydrogen (secondary N) is 1. The van der Waals surface area contributed by atoms with Crippen molar-refractivity contribution in [3.8, 4) is 0 Å². The molecule has 8 saturated heterocycles. The minimum Gasteiger partial charge on any atom is -0.479 e. The molecule has 8 heterocycles. The van der Waals surface area contributed by atoms with Crippen LogP contribution in [-0.4, -0.2) is 469 Å². The van der Waals surface area contributed by atoms with E-state index in [0.717, 1.165) is 13.8 Å². The van der Waals surface area contributed by atoms with Gasteiger partial charge >= 0.3 is 23.9 Å². The Morgan fingerprint density at radius 3 is 1.32 bits per heavy atom. The van der Waals surface area contributed by atoms with Gasteiger partial charge in [-0.1, -0.05) is 0 Å². The molecule has 0 spiro atoms. The molecule has 31 N–H and O–H groups in total. The number of aliphatic hydroxyl groups excluding tert-OH is 23. The van der Waals surface area contributed by atoms with Gasteiger partial charge in [-0.3, -0.25) is 4.79 Å². The molecule has 618 valence electrons. The largest absolute Gasteiger partial charge is 0.479 e. The molecule has 0 radical (unpaired) electrons. The Kier molecular flexibility index (Phi) is 29.9. The Hall–Kier alpha value is -4.25. The maximum Gasteiger partial charge on any atom is 0.364 e. The first-order valence-electron chi connectivity index (χ1n) is 32.9. The summed E-state index contributed by atoms with van der Waals surface area (Å²) in [6.07, 6.45) is -104. The fraction of sp³-hybridized carbons (Fsp3) is 0.912. The van der Waals surface area contributed by atoms with Crippen LogP contribution in [0.15, 0.2) is 0 Å². The number of amides is 1. The molecule has 8 aliphatic heterocycles. The summed E-state index contributed by atoms with van der Waals surface area (Å²) in [6, 6.07) is -3.65. The maximum absolute atomic E-state index is 14.0. The van der Waals surface area contributed by atoms with Crippen LogP contribution < -0.4 is 11.1 Å². The molecule has 0 aromatic carbocycles. The van der Waals surface area contributed by atoms with E-state index in [1.54, 1.807) is 0 Å². The maximum atomic E-state index is 14.0. The third kappa shape index (κ3) is 18.4. The van der Waals surface area contributed by atoms with Gasteiger partial charge in [-0.25, -0.2) is 19.2 Å². The zero-order chi connectivity index (χ0) is 79.8. The zero-order valence-electron chi connectivity index (χ0n) is 55.9. The van der Waals surface area contributed by atoms with Gasteiger partial charge in [-0.15, -0.1) is 0 Å². The molecule has 43 atom stereocenters. The highest BCUT2D eigenvalue weighted by Gasteiger charge is 2.66. The quantitative estimate of drug-likeness (QED) is 0.0331. The van der Waals surface area contributed by atoms with Gasteiger partial charge in [0.15, 0.2) is 49.9 Å². The van der Waals surface area contributed by atoms with Gasteiger partial charge in [-0.05, 0) is 6.92 Å². The highest BCUT2D eigenvalue weighted by Crippen LogP contribution is 2.45. The van der Waals surface area contributed by atoms with E-state index < -0.39 is 338 Å².